The summed E-state index contributed by atoms with van der Waals surface area (Å²) in [6.45, 7) is 9.01. The molecule has 282 valence electrons. The van der Waals surface area contributed by atoms with Crippen molar-refractivity contribution in [3.8, 4) is 0 Å². The van der Waals surface area contributed by atoms with Gasteiger partial charge in [0.05, 0.1) is 31.8 Å². The summed E-state index contributed by atoms with van der Waals surface area (Å²) in [4.78, 5) is 54.8. The largest absolute Gasteiger partial charge is 0.459 e. The number of nitrogens with one attached hydrogen (secondary N) is 1. The summed E-state index contributed by atoms with van der Waals surface area (Å²) in [5.41, 5.74) is 3.45. The Kier molecular flexibility index (Phi) is 11.9. The smallest absolute Gasteiger partial charge is 0.408 e. The Labute approximate surface area is 310 Å². The SMILES string of the molecule is C[C@@H]1[C@H](CN2CCC[C@H]2C(=O)OC(C)(C)C)O[C@H](c2ccc(CN3C(=O)CC(NC(=O)OCc4ccccc4)C3=O)cc2)O[C@@H]1c1ccc(CO)cc1. The molecule has 3 heterocycles. The topological polar surface area (TPSA) is 144 Å². The third-order valence-corrected chi connectivity index (χ3v) is 9.92. The van der Waals surface area contributed by atoms with Gasteiger partial charge >= 0.3 is 12.1 Å². The van der Waals surface area contributed by atoms with Crippen LogP contribution in [0.4, 0.5) is 4.79 Å². The first-order valence-corrected chi connectivity index (χ1v) is 18.3. The molecule has 6 rings (SSSR count). The molecule has 0 saturated carbocycles. The first kappa shape index (κ1) is 38.1. The molecule has 2 N–H and O–H groups in total. The van der Waals surface area contributed by atoms with Crippen LogP contribution in [0.25, 0.3) is 0 Å². The lowest BCUT2D eigenvalue weighted by atomic mass is 9.90. The molecule has 0 aliphatic carbocycles. The molecule has 53 heavy (non-hydrogen) atoms. The molecule has 12 heteroatoms. The lowest BCUT2D eigenvalue weighted by molar-refractivity contribution is -0.276. The normalized spacial score (nSPS) is 25.0. The number of nitrogens with zero attached hydrogens (tertiary/aromatic N) is 2. The molecule has 1 unspecified atom stereocenters. The molecule has 0 bridgehead atoms. The fourth-order valence-corrected chi connectivity index (χ4v) is 7.07. The number of esters is 1. The van der Waals surface area contributed by atoms with Crippen molar-refractivity contribution in [2.24, 2.45) is 5.92 Å². The average molecular weight is 728 g/mol. The number of alkyl carbamates (subject to hydrolysis) is 1. The second-order valence-electron chi connectivity index (χ2n) is 15.0. The van der Waals surface area contributed by atoms with Crippen LogP contribution in [0.2, 0.25) is 0 Å². The predicted octanol–water partition coefficient (Wildman–Crippen LogP) is 5.33. The van der Waals surface area contributed by atoms with Crippen LogP contribution in [-0.2, 0) is 53.1 Å². The highest BCUT2D eigenvalue weighted by molar-refractivity contribution is 6.06. The molecule has 3 aromatic carbocycles. The Balaban J connectivity index is 1.13. The third kappa shape index (κ3) is 9.49. The molecule has 3 aromatic rings. The molecule has 3 aliphatic rings. The molecule has 3 amide bonds. The van der Waals surface area contributed by atoms with Crippen LogP contribution in [0.1, 0.15) is 87.2 Å². The second-order valence-corrected chi connectivity index (χ2v) is 15.0. The number of carbonyl (C=O) groups is 4. The van der Waals surface area contributed by atoms with Crippen molar-refractivity contribution in [1.82, 2.24) is 15.1 Å². The average Bonchev–Trinajstić information content (AvgIpc) is 3.71. The molecule has 3 fully saturated rings. The highest BCUT2D eigenvalue weighted by Crippen LogP contribution is 2.42. The second kappa shape index (κ2) is 16.6. The highest BCUT2D eigenvalue weighted by atomic mass is 16.7. The van der Waals surface area contributed by atoms with Gasteiger partial charge in [0.25, 0.3) is 5.91 Å². The summed E-state index contributed by atoms with van der Waals surface area (Å²) in [5, 5.41) is 12.1. The lowest BCUT2D eigenvalue weighted by Gasteiger charge is -2.43. The summed E-state index contributed by atoms with van der Waals surface area (Å²) in [6, 6.07) is 22.9. The van der Waals surface area contributed by atoms with Crippen molar-refractivity contribution in [2.75, 3.05) is 13.1 Å². The number of ether oxygens (including phenoxy) is 4. The van der Waals surface area contributed by atoms with E-state index in [2.05, 4.69) is 17.1 Å². The van der Waals surface area contributed by atoms with Gasteiger partial charge in [-0.3, -0.25) is 24.2 Å². The maximum atomic E-state index is 13.1. The number of aliphatic hydroxyl groups is 1. The molecule has 0 radical (unpaired) electrons. The first-order chi connectivity index (χ1) is 25.4. The summed E-state index contributed by atoms with van der Waals surface area (Å²) in [6.07, 6.45) is -0.663. The quantitative estimate of drug-likeness (QED) is 0.197. The molecule has 12 nitrogen and oxygen atoms in total. The van der Waals surface area contributed by atoms with Crippen LogP contribution >= 0.6 is 0 Å². The monoisotopic (exact) mass is 727 g/mol. The first-order valence-electron chi connectivity index (χ1n) is 18.3. The molecular formula is C41H49N3O9. The van der Waals surface area contributed by atoms with Crippen LogP contribution < -0.4 is 5.32 Å². The lowest BCUT2D eigenvalue weighted by Crippen LogP contribution is -2.48. The van der Waals surface area contributed by atoms with E-state index in [9.17, 15) is 24.3 Å². The van der Waals surface area contributed by atoms with Crippen molar-refractivity contribution < 1.29 is 43.2 Å². The maximum absolute atomic E-state index is 13.1. The van der Waals surface area contributed by atoms with Gasteiger partial charge in [0, 0.05) is 18.0 Å². The van der Waals surface area contributed by atoms with E-state index in [1.165, 1.54) is 0 Å². The molecule has 3 saturated heterocycles. The fourth-order valence-electron chi connectivity index (χ4n) is 7.07. The standard InChI is InChI=1S/C41H49N3O9/c1-26-34(23-43-20-8-11-33(43)38(48)53-41(2,3)4)51-39(52-36(26)30-16-14-28(24-45)15-17-30)31-18-12-27(13-19-31)22-44-35(46)21-32(37(44)47)42-40(49)50-25-29-9-6-5-7-10-29/h5-7,9-10,12-19,26,32-34,36,39,45H,8,11,20-25H2,1-4H3,(H,42,49)/t26-,32?,33+,34+,36+,39+/m1/s1. The van der Waals surface area contributed by atoms with E-state index in [-0.39, 0.29) is 62.2 Å². The summed E-state index contributed by atoms with van der Waals surface area (Å²) >= 11 is 0. The van der Waals surface area contributed by atoms with E-state index in [4.69, 9.17) is 18.9 Å². The van der Waals surface area contributed by atoms with E-state index in [1.54, 1.807) is 0 Å². The Morgan fingerprint density at radius 1 is 0.906 bits per heavy atom. The van der Waals surface area contributed by atoms with Gasteiger partial charge in [-0.2, -0.15) is 0 Å². The molecular weight excluding hydrogens is 678 g/mol. The zero-order valence-corrected chi connectivity index (χ0v) is 30.7. The number of amides is 3. The molecule has 3 aliphatic heterocycles. The Morgan fingerprint density at radius 2 is 1.58 bits per heavy atom. The minimum Gasteiger partial charge on any atom is -0.459 e. The van der Waals surface area contributed by atoms with Gasteiger partial charge in [-0.25, -0.2) is 4.79 Å². The number of imide groups is 1. The number of rotatable bonds is 11. The number of likely N-dealkylation sites (tertiary alicyclic amines) is 2. The van der Waals surface area contributed by atoms with E-state index >= 15 is 0 Å². The Hall–Kier alpha value is -4.62. The van der Waals surface area contributed by atoms with E-state index in [1.807, 2.05) is 99.6 Å². The van der Waals surface area contributed by atoms with Crippen molar-refractivity contribution in [2.45, 2.75) is 103 Å². The van der Waals surface area contributed by atoms with Crippen LogP contribution in [0, 0.1) is 5.92 Å². The zero-order chi connectivity index (χ0) is 37.7. The molecule has 0 spiro atoms. The van der Waals surface area contributed by atoms with Gasteiger partial charge in [0.1, 0.15) is 24.3 Å². The highest BCUT2D eigenvalue weighted by Gasteiger charge is 2.43. The molecule has 6 atom stereocenters. The zero-order valence-electron chi connectivity index (χ0n) is 30.7. The number of benzene rings is 3. The van der Waals surface area contributed by atoms with Crippen LogP contribution in [0.3, 0.4) is 0 Å². The van der Waals surface area contributed by atoms with Crippen molar-refractivity contribution in [3.05, 3.63) is 107 Å². The van der Waals surface area contributed by atoms with E-state index in [0.29, 0.717) is 6.54 Å². The van der Waals surface area contributed by atoms with Gasteiger partial charge in [-0.15, -0.1) is 0 Å². The summed E-state index contributed by atoms with van der Waals surface area (Å²) in [5.74, 6) is -1.18. The Bertz CT molecular complexity index is 1740. The van der Waals surface area contributed by atoms with Crippen molar-refractivity contribution >= 4 is 23.9 Å². The summed E-state index contributed by atoms with van der Waals surface area (Å²) in [7, 11) is 0. The van der Waals surface area contributed by atoms with E-state index in [0.717, 1.165) is 52.1 Å². The number of carbonyl (C=O) groups excluding carboxylic acids is 4. The van der Waals surface area contributed by atoms with Crippen molar-refractivity contribution in [1.29, 1.82) is 0 Å². The van der Waals surface area contributed by atoms with Gasteiger partial charge in [-0.05, 0) is 62.4 Å². The van der Waals surface area contributed by atoms with Gasteiger partial charge in [0.2, 0.25) is 5.91 Å². The van der Waals surface area contributed by atoms with Crippen LogP contribution in [0.15, 0.2) is 78.9 Å². The van der Waals surface area contributed by atoms with E-state index < -0.39 is 29.9 Å². The van der Waals surface area contributed by atoms with Crippen LogP contribution in [0.5, 0.6) is 0 Å². The predicted molar refractivity (Wildman–Crippen MR) is 194 cm³/mol. The third-order valence-electron chi connectivity index (χ3n) is 9.92. The van der Waals surface area contributed by atoms with Crippen molar-refractivity contribution in [3.63, 3.8) is 0 Å². The Morgan fingerprint density at radius 3 is 2.26 bits per heavy atom. The number of hydrogen-bond donors (Lipinski definition) is 2. The van der Waals surface area contributed by atoms with Gasteiger partial charge in [0.15, 0.2) is 6.29 Å². The van der Waals surface area contributed by atoms with Gasteiger partial charge < -0.3 is 29.4 Å². The van der Waals surface area contributed by atoms with Gasteiger partial charge in [-0.1, -0.05) is 85.8 Å². The molecule has 0 aromatic heterocycles. The minimum atomic E-state index is -0.998. The summed E-state index contributed by atoms with van der Waals surface area (Å²) < 4.78 is 24.3. The minimum absolute atomic E-state index is 0.0437. The fraction of sp³-hybridized carbons (Fsp3) is 0.463. The number of hydrogen-bond acceptors (Lipinski definition) is 10. The number of aliphatic hydroxyl groups excluding tert-OH is 1. The maximum Gasteiger partial charge on any atom is 0.408 e. The van der Waals surface area contributed by atoms with Crippen LogP contribution in [-0.4, -0.2) is 75.7 Å².